The molecule has 0 spiro atoms. The van der Waals surface area contributed by atoms with Gasteiger partial charge >= 0.3 is 5.97 Å². The van der Waals surface area contributed by atoms with Crippen molar-refractivity contribution < 1.29 is 29.3 Å². The number of unbranched alkanes of at least 4 members (excludes halogenated alkanes) is 2. The molecule has 0 aliphatic carbocycles. The molecule has 0 aliphatic heterocycles. The summed E-state index contributed by atoms with van der Waals surface area (Å²) in [5, 5.41) is 19.9. The van der Waals surface area contributed by atoms with E-state index in [0.29, 0.717) is 12.3 Å². The van der Waals surface area contributed by atoms with E-state index in [9.17, 15) is 19.8 Å². The van der Waals surface area contributed by atoms with Gasteiger partial charge in [-0.15, -0.1) is 0 Å². The maximum atomic E-state index is 12.8. The Balaban J connectivity index is 2.95. The molecule has 0 aliphatic rings. The van der Waals surface area contributed by atoms with Gasteiger partial charge in [0.05, 0.1) is 7.11 Å². The van der Waals surface area contributed by atoms with Crippen LogP contribution < -0.4 is 4.74 Å². The van der Waals surface area contributed by atoms with Gasteiger partial charge in [0.2, 0.25) is 5.75 Å². The molecule has 0 amide bonds. The molecule has 1 aromatic carbocycles. The molecule has 0 radical (unpaired) electrons. The van der Waals surface area contributed by atoms with Gasteiger partial charge in [-0.3, -0.25) is 9.59 Å². The summed E-state index contributed by atoms with van der Waals surface area (Å²) in [4.78, 5) is 24.2. The molecule has 2 N–H and O–H groups in total. The Morgan fingerprint density at radius 3 is 2.34 bits per heavy atom. The first-order valence-corrected chi connectivity index (χ1v) is 10.5. The number of methoxy groups -OCH3 is 1. The molecule has 0 bridgehead atoms. The van der Waals surface area contributed by atoms with Crippen LogP contribution in [0.3, 0.4) is 0 Å². The number of benzene rings is 1. The zero-order chi connectivity index (χ0) is 22.0. The van der Waals surface area contributed by atoms with E-state index in [1.54, 1.807) is 6.07 Å². The molecule has 164 valence electrons. The lowest BCUT2D eigenvalue weighted by molar-refractivity contribution is -0.148. The molecule has 29 heavy (non-hydrogen) atoms. The predicted molar refractivity (Wildman–Crippen MR) is 112 cm³/mol. The molecule has 1 aromatic rings. The highest BCUT2D eigenvalue weighted by Crippen LogP contribution is 2.40. The van der Waals surface area contributed by atoms with Crippen LogP contribution in [0.2, 0.25) is 0 Å². The van der Waals surface area contributed by atoms with Gasteiger partial charge in [-0.25, -0.2) is 0 Å². The second-order valence-electron chi connectivity index (χ2n) is 8.09. The van der Waals surface area contributed by atoms with Crippen LogP contribution in [0.1, 0.15) is 84.1 Å². The van der Waals surface area contributed by atoms with Crippen LogP contribution in [0, 0.1) is 5.92 Å². The van der Waals surface area contributed by atoms with Crippen molar-refractivity contribution in [3.63, 3.8) is 0 Å². The van der Waals surface area contributed by atoms with Crippen LogP contribution >= 0.6 is 0 Å². The summed E-state index contributed by atoms with van der Waals surface area (Å²) < 4.78 is 10.5. The SMILES string of the molecule is CCCCCC(CC(=O)CC(CC(C)C)c1cc(O)c(O)c(OC)c1)OC(C)=O. The van der Waals surface area contributed by atoms with Gasteiger partial charge < -0.3 is 19.7 Å². The zero-order valence-corrected chi connectivity index (χ0v) is 18.4. The molecule has 1 rings (SSSR count). The van der Waals surface area contributed by atoms with Crippen molar-refractivity contribution in [3.05, 3.63) is 17.7 Å². The van der Waals surface area contributed by atoms with E-state index in [4.69, 9.17) is 9.47 Å². The minimum absolute atomic E-state index is 0.0185. The van der Waals surface area contributed by atoms with Crippen molar-refractivity contribution in [2.45, 2.75) is 84.7 Å². The molecule has 2 unspecified atom stereocenters. The number of hydrogen-bond acceptors (Lipinski definition) is 6. The van der Waals surface area contributed by atoms with Crippen molar-refractivity contribution in [2.75, 3.05) is 7.11 Å². The molecule has 0 saturated heterocycles. The standard InChI is InChI=1S/C23H36O6/c1-6-7-8-9-20(29-16(4)24)14-19(25)11-17(10-15(2)3)18-12-21(26)23(27)22(13-18)28-5/h12-13,15,17,20,26-27H,6-11,14H2,1-5H3. The molecule has 0 fully saturated rings. The monoisotopic (exact) mass is 408 g/mol. The minimum Gasteiger partial charge on any atom is -0.504 e. The average Bonchev–Trinajstić information content (AvgIpc) is 2.62. The summed E-state index contributed by atoms with van der Waals surface area (Å²) in [6.07, 6.45) is 4.51. The minimum atomic E-state index is -0.394. The predicted octanol–water partition coefficient (Wildman–Crippen LogP) is 5.10. The Kier molecular flexibility index (Phi) is 10.6. The Morgan fingerprint density at radius 1 is 1.10 bits per heavy atom. The van der Waals surface area contributed by atoms with Crippen LogP contribution in [-0.4, -0.2) is 35.2 Å². The van der Waals surface area contributed by atoms with Crippen molar-refractivity contribution in [1.82, 2.24) is 0 Å². The van der Waals surface area contributed by atoms with Gasteiger partial charge in [-0.1, -0.05) is 33.6 Å². The van der Waals surface area contributed by atoms with E-state index >= 15 is 0 Å². The average molecular weight is 409 g/mol. The fourth-order valence-corrected chi connectivity index (χ4v) is 3.58. The van der Waals surface area contributed by atoms with Crippen molar-refractivity contribution >= 4 is 11.8 Å². The number of phenolic OH excluding ortho intramolecular Hbond substituents is 2. The molecule has 6 nitrogen and oxygen atoms in total. The van der Waals surface area contributed by atoms with Crippen LogP contribution in [0.4, 0.5) is 0 Å². The second-order valence-corrected chi connectivity index (χ2v) is 8.09. The number of ether oxygens (including phenoxy) is 2. The third-order valence-electron chi connectivity index (χ3n) is 4.92. The molecule has 2 atom stereocenters. The quantitative estimate of drug-likeness (QED) is 0.268. The molecule has 0 saturated carbocycles. The topological polar surface area (TPSA) is 93.1 Å². The fraction of sp³-hybridized carbons (Fsp3) is 0.652. The molecule has 0 aromatic heterocycles. The van der Waals surface area contributed by atoms with E-state index in [0.717, 1.165) is 31.2 Å². The van der Waals surface area contributed by atoms with E-state index in [2.05, 4.69) is 20.8 Å². The van der Waals surface area contributed by atoms with Crippen molar-refractivity contribution in [1.29, 1.82) is 0 Å². The third kappa shape index (κ3) is 8.75. The first-order valence-electron chi connectivity index (χ1n) is 10.5. The summed E-state index contributed by atoms with van der Waals surface area (Å²) in [5.74, 6) is -0.538. The summed E-state index contributed by atoms with van der Waals surface area (Å²) in [6, 6.07) is 3.16. The van der Waals surface area contributed by atoms with Crippen LogP contribution in [0.5, 0.6) is 17.2 Å². The highest BCUT2D eigenvalue weighted by Gasteiger charge is 2.24. The molecular formula is C23H36O6. The van der Waals surface area contributed by atoms with Gasteiger partial charge in [0, 0.05) is 19.8 Å². The van der Waals surface area contributed by atoms with E-state index in [1.165, 1.54) is 20.1 Å². The number of hydrogen-bond donors (Lipinski definition) is 2. The lowest BCUT2D eigenvalue weighted by Gasteiger charge is -2.22. The van der Waals surface area contributed by atoms with Gasteiger partial charge in [-0.05, 0) is 48.8 Å². The first kappa shape index (κ1) is 24.8. The number of aromatic hydroxyl groups is 2. The van der Waals surface area contributed by atoms with Crippen LogP contribution in [0.25, 0.3) is 0 Å². The van der Waals surface area contributed by atoms with Gasteiger partial charge in [0.15, 0.2) is 11.5 Å². The van der Waals surface area contributed by atoms with E-state index in [-0.39, 0.29) is 47.8 Å². The Bertz CT molecular complexity index is 668. The van der Waals surface area contributed by atoms with Crippen LogP contribution in [0.15, 0.2) is 12.1 Å². The van der Waals surface area contributed by atoms with E-state index in [1.807, 2.05) is 0 Å². The number of phenols is 2. The van der Waals surface area contributed by atoms with Crippen molar-refractivity contribution in [2.24, 2.45) is 5.92 Å². The maximum absolute atomic E-state index is 12.8. The largest absolute Gasteiger partial charge is 0.504 e. The summed E-state index contributed by atoms with van der Waals surface area (Å²) in [7, 11) is 1.42. The fourth-order valence-electron chi connectivity index (χ4n) is 3.58. The second kappa shape index (κ2) is 12.3. The number of carbonyl (C=O) groups excluding carboxylic acids is 2. The Hall–Kier alpha value is -2.24. The number of carbonyl (C=O) groups is 2. The third-order valence-corrected chi connectivity index (χ3v) is 4.92. The molecular weight excluding hydrogens is 372 g/mol. The smallest absolute Gasteiger partial charge is 0.302 e. The number of ketones is 1. The van der Waals surface area contributed by atoms with Crippen LogP contribution in [-0.2, 0) is 14.3 Å². The Morgan fingerprint density at radius 2 is 1.79 bits per heavy atom. The molecule has 0 heterocycles. The number of esters is 1. The molecule has 6 heteroatoms. The first-order chi connectivity index (χ1) is 13.7. The van der Waals surface area contributed by atoms with Gasteiger partial charge in [0.25, 0.3) is 0 Å². The Labute approximate surface area is 174 Å². The summed E-state index contributed by atoms with van der Waals surface area (Å²) >= 11 is 0. The highest BCUT2D eigenvalue weighted by molar-refractivity contribution is 5.80. The van der Waals surface area contributed by atoms with Crippen molar-refractivity contribution in [3.8, 4) is 17.2 Å². The highest BCUT2D eigenvalue weighted by atomic mass is 16.5. The lowest BCUT2D eigenvalue weighted by atomic mass is 9.85. The number of rotatable bonds is 13. The number of Topliss-reactive ketones (excluding diaryl/α,β-unsaturated/α-hetero) is 1. The van der Waals surface area contributed by atoms with Gasteiger partial charge in [-0.2, -0.15) is 0 Å². The van der Waals surface area contributed by atoms with E-state index < -0.39 is 6.10 Å². The lowest BCUT2D eigenvalue weighted by Crippen LogP contribution is -2.22. The summed E-state index contributed by atoms with van der Waals surface area (Å²) in [5.41, 5.74) is 0.745. The maximum Gasteiger partial charge on any atom is 0.302 e. The summed E-state index contributed by atoms with van der Waals surface area (Å²) in [6.45, 7) is 7.61. The normalized spacial score (nSPS) is 13.2. The zero-order valence-electron chi connectivity index (χ0n) is 18.4. The van der Waals surface area contributed by atoms with Gasteiger partial charge in [0.1, 0.15) is 11.9 Å².